The summed E-state index contributed by atoms with van der Waals surface area (Å²) in [6.45, 7) is 1.21. The molecule has 2 aliphatic heterocycles. The molecule has 2 N–H and O–H groups in total. The van der Waals surface area contributed by atoms with Crippen LogP contribution in [0.4, 0.5) is 4.39 Å². The van der Waals surface area contributed by atoms with Crippen LogP contribution in [0.25, 0.3) is 0 Å². The number of amides is 3. The van der Waals surface area contributed by atoms with E-state index in [-0.39, 0.29) is 35.8 Å². The van der Waals surface area contributed by atoms with E-state index in [1.807, 2.05) is 12.1 Å². The molecular formula is C26H32FN3O4. The molecule has 7 rings (SSSR count). The van der Waals surface area contributed by atoms with Crippen molar-refractivity contribution in [3.63, 3.8) is 0 Å². The van der Waals surface area contributed by atoms with Crippen LogP contribution in [0.5, 0.6) is 5.75 Å². The molecule has 5 fully saturated rings. The lowest BCUT2D eigenvalue weighted by Crippen LogP contribution is -2.68. The van der Waals surface area contributed by atoms with E-state index in [2.05, 4.69) is 10.6 Å². The van der Waals surface area contributed by atoms with Crippen LogP contribution >= 0.6 is 0 Å². The Bertz CT molecular complexity index is 1020. The first-order valence-corrected chi connectivity index (χ1v) is 12.7. The van der Waals surface area contributed by atoms with Gasteiger partial charge in [0.15, 0.2) is 0 Å². The highest BCUT2D eigenvalue weighted by molar-refractivity contribution is 6.05. The summed E-state index contributed by atoms with van der Waals surface area (Å²) in [4.78, 5) is 38.3. The molecule has 4 aliphatic carbocycles. The second kappa shape index (κ2) is 8.04. The molecule has 1 aromatic rings. The largest absolute Gasteiger partial charge is 0.489 e. The fourth-order valence-corrected chi connectivity index (χ4v) is 6.84. The Kier molecular flexibility index (Phi) is 5.20. The third-order valence-corrected chi connectivity index (χ3v) is 8.55. The number of fused-ring (bicyclic) bond motifs is 1. The Morgan fingerprint density at radius 2 is 1.88 bits per heavy atom. The van der Waals surface area contributed by atoms with E-state index in [0.29, 0.717) is 37.8 Å². The van der Waals surface area contributed by atoms with Crippen LogP contribution in [0, 0.1) is 5.41 Å². The van der Waals surface area contributed by atoms with Gasteiger partial charge in [-0.15, -0.1) is 0 Å². The highest BCUT2D eigenvalue weighted by atomic mass is 19.1. The topological polar surface area (TPSA) is 87.7 Å². The van der Waals surface area contributed by atoms with Gasteiger partial charge < -0.3 is 15.0 Å². The number of halogens is 1. The standard InChI is InChI=1S/C26H32FN3O4/c27-26-12-25(13-26,14-26)15-28-19-4-2-1-3-5-21(19)34-17-6-7-18-16(10-17)11-30(24(18)33)20-8-9-22(31)29-23(20)32/h6-7,10,19-21,28H,1-5,8-9,11-15H2,(H,29,31,32)/t19-,20?,21+,25?,26?/m1/s1. The molecule has 1 aromatic carbocycles. The molecule has 3 atom stereocenters. The van der Waals surface area contributed by atoms with Gasteiger partial charge in [0.25, 0.3) is 5.91 Å². The molecule has 182 valence electrons. The molecular weight excluding hydrogens is 437 g/mol. The zero-order valence-electron chi connectivity index (χ0n) is 19.4. The number of imide groups is 1. The monoisotopic (exact) mass is 469 g/mol. The van der Waals surface area contributed by atoms with E-state index in [1.165, 1.54) is 6.42 Å². The van der Waals surface area contributed by atoms with E-state index >= 15 is 0 Å². The van der Waals surface area contributed by atoms with Gasteiger partial charge in [-0.3, -0.25) is 19.7 Å². The van der Waals surface area contributed by atoms with Crippen molar-refractivity contribution in [2.24, 2.45) is 5.41 Å². The lowest BCUT2D eigenvalue weighted by Gasteiger charge is -2.66. The van der Waals surface area contributed by atoms with Gasteiger partial charge in [-0.1, -0.05) is 12.8 Å². The summed E-state index contributed by atoms with van der Waals surface area (Å²) in [5.41, 5.74) is 0.743. The van der Waals surface area contributed by atoms with Crippen molar-refractivity contribution in [2.75, 3.05) is 6.54 Å². The van der Waals surface area contributed by atoms with Crippen molar-refractivity contribution >= 4 is 17.7 Å². The molecule has 34 heavy (non-hydrogen) atoms. The predicted molar refractivity (Wildman–Crippen MR) is 122 cm³/mol. The number of nitrogens with one attached hydrogen (secondary N) is 2. The molecule has 3 amide bonds. The fourth-order valence-electron chi connectivity index (χ4n) is 6.84. The number of ether oxygens (including phenoxy) is 1. The molecule has 4 saturated carbocycles. The van der Waals surface area contributed by atoms with E-state index in [1.54, 1.807) is 11.0 Å². The van der Waals surface area contributed by atoms with Gasteiger partial charge >= 0.3 is 0 Å². The minimum absolute atomic E-state index is 0.0376. The lowest BCUT2D eigenvalue weighted by molar-refractivity contribution is -0.211. The lowest BCUT2D eigenvalue weighted by atomic mass is 9.42. The summed E-state index contributed by atoms with van der Waals surface area (Å²) >= 11 is 0. The first-order valence-electron chi connectivity index (χ1n) is 12.7. The van der Waals surface area contributed by atoms with Crippen LogP contribution in [-0.2, 0) is 16.1 Å². The molecule has 7 nitrogen and oxygen atoms in total. The Hall–Kier alpha value is -2.48. The SMILES string of the molecule is O=C1CCC(N2Cc3cc(O[C@H]4CCCCC[C@H]4NCC45CC(F)(C4)C5)ccc3C2=O)C(=O)N1. The zero-order chi connectivity index (χ0) is 23.5. The van der Waals surface area contributed by atoms with Crippen LogP contribution in [-0.4, -0.2) is 53.0 Å². The Balaban J connectivity index is 1.12. The molecule has 2 heterocycles. The third kappa shape index (κ3) is 3.80. The van der Waals surface area contributed by atoms with Gasteiger partial charge in [0.1, 0.15) is 23.6 Å². The van der Waals surface area contributed by atoms with Gasteiger partial charge in [0, 0.05) is 31.1 Å². The molecule has 2 bridgehead atoms. The summed E-state index contributed by atoms with van der Waals surface area (Å²) < 4.78 is 20.4. The number of carbonyl (C=O) groups excluding carboxylic acids is 3. The van der Waals surface area contributed by atoms with Crippen molar-refractivity contribution < 1.29 is 23.5 Å². The van der Waals surface area contributed by atoms with Crippen LogP contribution in [0.1, 0.15) is 80.1 Å². The molecule has 8 heteroatoms. The predicted octanol–water partition coefficient (Wildman–Crippen LogP) is 3.01. The molecule has 6 aliphatic rings. The fraction of sp³-hybridized carbons (Fsp3) is 0.654. The minimum Gasteiger partial charge on any atom is -0.489 e. The van der Waals surface area contributed by atoms with E-state index < -0.39 is 17.6 Å². The maximum atomic E-state index is 13.9. The summed E-state index contributed by atoms with van der Waals surface area (Å²) in [7, 11) is 0. The summed E-state index contributed by atoms with van der Waals surface area (Å²) in [5, 5.41) is 6.06. The second-order valence-corrected chi connectivity index (χ2v) is 11.2. The minimum atomic E-state index is -0.870. The number of nitrogens with zero attached hydrogens (tertiary/aromatic N) is 1. The molecule has 0 aromatic heterocycles. The number of carbonyl (C=O) groups is 3. The number of hydrogen-bond donors (Lipinski definition) is 2. The van der Waals surface area contributed by atoms with Gasteiger partial charge in [-0.05, 0) is 74.1 Å². The van der Waals surface area contributed by atoms with Crippen molar-refractivity contribution in [2.45, 2.75) is 94.6 Å². The van der Waals surface area contributed by atoms with Gasteiger partial charge in [0.05, 0.1) is 0 Å². The maximum Gasteiger partial charge on any atom is 0.255 e. The summed E-state index contributed by atoms with van der Waals surface area (Å²) in [6, 6.07) is 5.19. The molecule has 0 radical (unpaired) electrons. The van der Waals surface area contributed by atoms with Gasteiger partial charge in [-0.25, -0.2) is 4.39 Å². The second-order valence-electron chi connectivity index (χ2n) is 11.2. The van der Waals surface area contributed by atoms with E-state index in [0.717, 1.165) is 43.5 Å². The Morgan fingerprint density at radius 3 is 2.65 bits per heavy atom. The van der Waals surface area contributed by atoms with E-state index in [9.17, 15) is 18.8 Å². The first-order chi connectivity index (χ1) is 16.3. The van der Waals surface area contributed by atoms with Crippen molar-refractivity contribution in [1.29, 1.82) is 0 Å². The summed E-state index contributed by atoms with van der Waals surface area (Å²) in [6.07, 6.45) is 8.24. The highest BCUT2D eigenvalue weighted by Gasteiger charge is 2.68. The number of piperidine rings is 1. The van der Waals surface area contributed by atoms with Gasteiger partial charge in [0.2, 0.25) is 11.8 Å². The average molecular weight is 470 g/mol. The van der Waals surface area contributed by atoms with Gasteiger partial charge in [-0.2, -0.15) is 0 Å². The Labute approximate surface area is 198 Å². The molecule has 0 spiro atoms. The smallest absolute Gasteiger partial charge is 0.255 e. The number of hydrogen-bond acceptors (Lipinski definition) is 5. The summed E-state index contributed by atoms with van der Waals surface area (Å²) in [5.74, 6) is -0.118. The number of alkyl halides is 1. The number of benzene rings is 1. The zero-order valence-corrected chi connectivity index (χ0v) is 19.4. The maximum absolute atomic E-state index is 13.9. The van der Waals surface area contributed by atoms with Crippen molar-refractivity contribution in [1.82, 2.24) is 15.5 Å². The van der Waals surface area contributed by atoms with Crippen molar-refractivity contribution in [3.8, 4) is 5.75 Å². The van der Waals surface area contributed by atoms with Crippen LogP contribution < -0.4 is 15.4 Å². The number of rotatable bonds is 6. The van der Waals surface area contributed by atoms with E-state index in [4.69, 9.17) is 4.74 Å². The normalized spacial score (nSPS) is 36.8. The third-order valence-electron chi connectivity index (χ3n) is 8.55. The quantitative estimate of drug-likeness (QED) is 0.494. The Morgan fingerprint density at radius 1 is 1.09 bits per heavy atom. The first kappa shape index (κ1) is 22.0. The highest BCUT2D eigenvalue weighted by Crippen LogP contribution is 2.69. The molecule has 1 unspecified atom stereocenters. The van der Waals surface area contributed by atoms with Crippen LogP contribution in [0.2, 0.25) is 0 Å². The van der Waals surface area contributed by atoms with Crippen LogP contribution in [0.3, 0.4) is 0 Å². The van der Waals surface area contributed by atoms with Crippen molar-refractivity contribution in [3.05, 3.63) is 29.3 Å². The molecule has 1 saturated heterocycles. The van der Waals surface area contributed by atoms with Crippen LogP contribution in [0.15, 0.2) is 18.2 Å². The average Bonchev–Trinajstić information content (AvgIpc) is 2.92.